The van der Waals surface area contributed by atoms with Gasteiger partial charge in [-0.2, -0.15) is 0 Å². The van der Waals surface area contributed by atoms with Gasteiger partial charge in [-0.25, -0.2) is 0 Å². The molecule has 68 valence electrons. The second-order valence-electron chi connectivity index (χ2n) is 2.92. The van der Waals surface area contributed by atoms with Crippen LogP contribution in [0.25, 0.3) is 0 Å². The van der Waals surface area contributed by atoms with Gasteiger partial charge in [-0.1, -0.05) is 30.7 Å². The lowest BCUT2D eigenvalue weighted by molar-refractivity contribution is 1.14. The number of hydrogen-bond donors (Lipinski definition) is 1. The maximum Gasteiger partial charge on any atom is 0.00785 e. The summed E-state index contributed by atoms with van der Waals surface area (Å²) < 4.78 is 0. The highest BCUT2D eigenvalue weighted by Crippen LogP contribution is 2.06. The molecule has 0 saturated heterocycles. The van der Waals surface area contributed by atoms with Crippen molar-refractivity contribution in [3.8, 4) is 0 Å². The molecule has 1 heteroatoms. The smallest absolute Gasteiger partial charge is 0.00785 e. The van der Waals surface area contributed by atoms with E-state index in [1.54, 1.807) is 0 Å². The Morgan fingerprint density at radius 3 is 2.17 bits per heavy atom. The summed E-state index contributed by atoms with van der Waals surface area (Å²) in [6.45, 7) is 8.14. The van der Waals surface area contributed by atoms with E-state index in [-0.39, 0.29) is 0 Å². The third-order valence-corrected chi connectivity index (χ3v) is 1.95. The van der Waals surface area contributed by atoms with Gasteiger partial charge in [-0.05, 0) is 32.8 Å². The highest BCUT2D eigenvalue weighted by molar-refractivity contribution is 5.28. The Morgan fingerprint density at radius 1 is 1.25 bits per heavy atom. The third-order valence-electron chi connectivity index (χ3n) is 1.95. The van der Waals surface area contributed by atoms with Crippen molar-refractivity contribution in [1.82, 2.24) is 0 Å². The van der Waals surface area contributed by atoms with Crippen LogP contribution in [0.15, 0.2) is 35.1 Å². The van der Waals surface area contributed by atoms with Crippen LogP contribution in [0.3, 0.4) is 0 Å². The molecule has 0 aromatic carbocycles. The molecule has 0 aliphatic heterocycles. The van der Waals surface area contributed by atoms with Crippen molar-refractivity contribution >= 4 is 0 Å². The largest absolute Gasteiger partial charge is 0.402 e. The summed E-state index contributed by atoms with van der Waals surface area (Å²) in [5.41, 5.74) is 8.99. The molecule has 0 aliphatic rings. The minimum atomic E-state index is 0.887. The maximum absolute atomic E-state index is 5.61. The van der Waals surface area contributed by atoms with E-state index < -0.39 is 0 Å². The van der Waals surface area contributed by atoms with E-state index in [9.17, 15) is 0 Å². The topological polar surface area (TPSA) is 26.0 Å². The van der Waals surface area contributed by atoms with E-state index in [1.165, 1.54) is 5.57 Å². The van der Waals surface area contributed by atoms with E-state index >= 15 is 0 Å². The van der Waals surface area contributed by atoms with Crippen molar-refractivity contribution in [2.75, 3.05) is 0 Å². The van der Waals surface area contributed by atoms with Crippen molar-refractivity contribution in [1.29, 1.82) is 0 Å². The first-order valence-corrected chi connectivity index (χ1v) is 4.38. The molecular weight excluding hydrogens is 146 g/mol. The first-order valence-electron chi connectivity index (χ1n) is 4.38. The van der Waals surface area contributed by atoms with E-state index in [0.29, 0.717) is 0 Å². The predicted octanol–water partition coefficient (Wildman–Crippen LogP) is 3.15. The number of hydrogen-bond acceptors (Lipinski definition) is 1. The monoisotopic (exact) mass is 165 g/mol. The van der Waals surface area contributed by atoms with Crippen LogP contribution in [0.4, 0.5) is 0 Å². The zero-order valence-corrected chi connectivity index (χ0v) is 8.52. The van der Waals surface area contributed by atoms with E-state index in [1.807, 2.05) is 13.8 Å². The van der Waals surface area contributed by atoms with E-state index in [4.69, 9.17) is 5.73 Å². The standard InChI is InChI=1S/C11H19N/c1-5-11(6-2)8-7-9(3)10(4)12/h5,7-8H,6,12H2,1-4H3/b8-7-,10-9+,11-5-. The van der Waals surface area contributed by atoms with Crippen LogP contribution in [-0.2, 0) is 0 Å². The second-order valence-corrected chi connectivity index (χ2v) is 2.92. The Hall–Kier alpha value is -0.980. The first kappa shape index (κ1) is 11.0. The normalized spacial score (nSPS) is 15.2. The number of nitrogens with two attached hydrogens (primary N) is 1. The van der Waals surface area contributed by atoms with Gasteiger partial charge in [0, 0.05) is 5.70 Å². The summed E-state index contributed by atoms with van der Waals surface area (Å²) in [4.78, 5) is 0. The molecule has 0 aromatic heterocycles. The molecular formula is C11H19N. The quantitative estimate of drug-likeness (QED) is 0.639. The molecule has 0 spiro atoms. The lowest BCUT2D eigenvalue weighted by Gasteiger charge is -1.97. The molecule has 12 heavy (non-hydrogen) atoms. The minimum Gasteiger partial charge on any atom is -0.402 e. The second kappa shape index (κ2) is 5.64. The van der Waals surface area contributed by atoms with Gasteiger partial charge >= 0.3 is 0 Å². The molecule has 0 rings (SSSR count). The number of rotatable bonds is 3. The highest BCUT2D eigenvalue weighted by Gasteiger charge is 1.87. The lowest BCUT2D eigenvalue weighted by atomic mass is 10.1. The summed E-state index contributed by atoms with van der Waals surface area (Å²) >= 11 is 0. The van der Waals surface area contributed by atoms with Gasteiger partial charge < -0.3 is 5.73 Å². The molecule has 0 radical (unpaired) electrons. The van der Waals surface area contributed by atoms with Gasteiger partial charge in [0.1, 0.15) is 0 Å². The van der Waals surface area contributed by atoms with Crippen LogP contribution < -0.4 is 5.73 Å². The van der Waals surface area contributed by atoms with Gasteiger partial charge in [0.2, 0.25) is 0 Å². The molecule has 0 unspecified atom stereocenters. The van der Waals surface area contributed by atoms with Crippen LogP contribution in [0.1, 0.15) is 34.1 Å². The number of allylic oxidation sites excluding steroid dienone is 6. The van der Waals surface area contributed by atoms with Crippen molar-refractivity contribution in [2.45, 2.75) is 34.1 Å². The Morgan fingerprint density at radius 2 is 1.83 bits per heavy atom. The fourth-order valence-corrected chi connectivity index (χ4v) is 0.782. The molecule has 0 fully saturated rings. The average molecular weight is 165 g/mol. The molecule has 0 bridgehead atoms. The summed E-state index contributed by atoms with van der Waals surface area (Å²) in [7, 11) is 0. The van der Waals surface area contributed by atoms with Gasteiger partial charge in [0.15, 0.2) is 0 Å². The van der Waals surface area contributed by atoms with Gasteiger partial charge in [0.25, 0.3) is 0 Å². The minimum absolute atomic E-state index is 0.887. The molecule has 0 saturated carbocycles. The lowest BCUT2D eigenvalue weighted by Crippen LogP contribution is -1.93. The molecule has 0 aliphatic carbocycles. The molecule has 1 nitrogen and oxygen atoms in total. The maximum atomic E-state index is 5.61. The van der Waals surface area contributed by atoms with Crippen molar-refractivity contribution < 1.29 is 0 Å². The van der Waals surface area contributed by atoms with Crippen LogP contribution in [0.2, 0.25) is 0 Å². The molecule has 0 atom stereocenters. The average Bonchev–Trinajstić information content (AvgIpc) is 2.05. The Kier molecular flexibility index (Phi) is 5.18. The van der Waals surface area contributed by atoms with Crippen molar-refractivity contribution in [2.24, 2.45) is 5.73 Å². The highest BCUT2D eigenvalue weighted by atomic mass is 14.5. The van der Waals surface area contributed by atoms with Crippen LogP contribution in [0.5, 0.6) is 0 Å². The Balaban J connectivity index is 4.35. The zero-order valence-electron chi connectivity index (χ0n) is 8.52. The summed E-state index contributed by atoms with van der Waals surface area (Å²) in [6.07, 6.45) is 7.37. The molecule has 2 N–H and O–H groups in total. The fraction of sp³-hybridized carbons (Fsp3) is 0.455. The molecule has 0 amide bonds. The fourth-order valence-electron chi connectivity index (χ4n) is 0.782. The van der Waals surface area contributed by atoms with Crippen LogP contribution >= 0.6 is 0 Å². The van der Waals surface area contributed by atoms with Crippen LogP contribution in [-0.4, -0.2) is 0 Å². The van der Waals surface area contributed by atoms with E-state index in [2.05, 4.69) is 32.1 Å². The Bertz CT molecular complexity index is 215. The van der Waals surface area contributed by atoms with E-state index in [0.717, 1.165) is 17.7 Å². The summed E-state index contributed by atoms with van der Waals surface area (Å²) in [5.74, 6) is 0. The SMILES string of the molecule is C\C=C(/C=C\C(C)=C(/C)N)CC. The third kappa shape index (κ3) is 4.02. The molecule has 0 heterocycles. The van der Waals surface area contributed by atoms with Gasteiger partial charge in [-0.15, -0.1) is 0 Å². The zero-order chi connectivity index (χ0) is 9.56. The van der Waals surface area contributed by atoms with Crippen molar-refractivity contribution in [3.63, 3.8) is 0 Å². The molecule has 0 aromatic rings. The first-order chi connectivity index (χ1) is 5.61. The van der Waals surface area contributed by atoms with Gasteiger partial charge in [-0.3, -0.25) is 0 Å². The van der Waals surface area contributed by atoms with Crippen LogP contribution in [0, 0.1) is 0 Å². The van der Waals surface area contributed by atoms with Crippen molar-refractivity contribution in [3.05, 3.63) is 35.1 Å². The van der Waals surface area contributed by atoms with Gasteiger partial charge in [0.05, 0.1) is 0 Å². The summed E-state index contributed by atoms with van der Waals surface area (Å²) in [6, 6.07) is 0. The predicted molar refractivity (Wildman–Crippen MR) is 55.7 cm³/mol. The summed E-state index contributed by atoms with van der Waals surface area (Å²) in [5, 5.41) is 0. The Labute approximate surface area is 75.7 Å².